The van der Waals surface area contributed by atoms with Gasteiger partial charge in [-0.1, -0.05) is 0 Å². The van der Waals surface area contributed by atoms with E-state index in [2.05, 4.69) is 46.8 Å². The summed E-state index contributed by atoms with van der Waals surface area (Å²) in [6.07, 6.45) is 3.26. The minimum atomic E-state index is 0.515. The number of aryl methyl sites for hydroxylation is 2. The van der Waals surface area contributed by atoms with Gasteiger partial charge in [0, 0.05) is 38.3 Å². The van der Waals surface area contributed by atoms with Crippen molar-refractivity contribution >= 4 is 0 Å². The third kappa shape index (κ3) is 3.50. The van der Waals surface area contributed by atoms with E-state index in [1.54, 1.807) is 14.2 Å². The number of likely N-dealkylation sites (tertiary alicyclic amines) is 1. The molecule has 1 aliphatic heterocycles. The van der Waals surface area contributed by atoms with E-state index in [1.165, 1.54) is 11.4 Å². The molecule has 124 valence electrons. The average Bonchev–Trinajstić information content (AvgIpc) is 3.12. The third-order valence-corrected chi connectivity index (χ3v) is 4.49. The van der Waals surface area contributed by atoms with E-state index in [1.807, 2.05) is 6.07 Å². The molecule has 0 aliphatic carbocycles. The van der Waals surface area contributed by atoms with Gasteiger partial charge in [0.1, 0.15) is 17.3 Å². The molecule has 0 radical (unpaired) electrons. The van der Waals surface area contributed by atoms with Crippen LogP contribution in [-0.2, 0) is 13.6 Å². The Balaban J connectivity index is 1.69. The van der Waals surface area contributed by atoms with Gasteiger partial charge >= 0.3 is 0 Å². The average molecular weight is 315 g/mol. The predicted octanol–water partition coefficient (Wildman–Crippen LogP) is 2.74. The lowest BCUT2D eigenvalue weighted by Gasteiger charge is -2.17. The van der Waals surface area contributed by atoms with Crippen LogP contribution in [-0.4, -0.2) is 41.8 Å². The topological polar surface area (TPSA) is 39.5 Å². The van der Waals surface area contributed by atoms with Crippen molar-refractivity contribution in [1.82, 2.24) is 14.5 Å². The molecule has 1 atom stereocenters. The number of benzene rings is 1. The number of methoxy groups -OCH3 is 2. The zero-order valence-corrected chi connectivity index (χ0v) is 14.4. The highest BCUT2D eigenvalue weighted by molar-refractivity contribution is 5.38. The molecule has 1 saturated heterocycles. The molecular formula is C18H25N3O2. The van der Waals surface area contributed by atoms with Gasteiger partial charge in [0.25, 0.3) is 0 Å². The number of ether oxygens (including phenoxy) is 2. The Morgan fingerprint density at radius 2 is 1.87 bits per heavy atom. The summed E-state index contributed by atoms with van der Waals surface area (Å²) >= 11 is 0. The lowest BCUT2D eigenvalue weighted by Crippen LogP contribution is -2.20. The minimum Gasteiger partial charge on any atom is -0.497 e. The Labute approximate surface area is 137 Å². The highest BCUT2D eigenvalue weighted by atomic mass is 16.5. The fraction of sp³-hybridized carbons (Fsp3) is 0.500. The summed E-state index contributed by atoms with van der Waals surface area (Å²) in [5, 5.41) is 0. The Kier molecular flexibility index (Phi) is 4.57. The summed E-state index contributed by atoms with van der Waals surface area (Å²) in [6, 6.07) is 6.08. The van der Waals surface area contributed by atoms with Gasteiger partial charge in [0.2, 0.25) is 0 Å². The van der Waals surface area contributed by atoms with Crippen molar-refractivity contribution in [3.05, 3.63) is 41.5 Å². The Morgan fingerprint density at radius 3 is 2.43 bits per heavy atom. The molecular weight excluding hydrogens is 290 g/mol. The molecule has 3 rings (SSSR count). The quantitative estimate of drug-likeness (QED) is 0.850. The second-order valence-corrected chi connectivity index (χ2v) is 6.29. The number of nitrogens with zero attached hydrogens (tertiary/aromatic N) is 3. The van der Waals surface area contributed by atoms with Crippen molar-refractivity contribution < 1.29 is 9.47 Å². The first-order chi connectivity index (χ1) is 11.1. The number of aromatic nitrogens is 2. The zero-order valence-electron chi connectivity index (χ0n) is 14.4. The molecule has 0 N–H and O–H groups in total. The van der Waals surface area contributed by atoms with Crippen LogP contribution in [0.3, 0.4) is 0 Å². The highest BCUT2D eigenvalue weighted by Crippen LogP contribution is 2.29. The van der Waals surface area contributed by atoms with E-state index in [9.17, 15) is 0 Å². The van der Waals surface area contributed by atoms with Gasteiger partial charge < -0.3 is 14.0 Å². The summed E-state index contributed by atoms with van der Waals surface area (Å²) < 4.78 is 12.9. The first-order valence-corrected chi connectivity index (χ1v) is 8.03. The fourth-order valence-corrected chi connectivity index (χ4v) is 3.42. The summed E-state index contributed by atoms with van der Waals surface area (Å²) in [7, 11) is 5.46. The molecule has 5 nitrogen and oxygen atoms in total. The van der Waals surface area contributed by atoms with Crippen LogP contribution in [0.2, 0.25) is 0 Å². The lowest BCUT2D eigenvalue weighted by atomic mass is 10.1. The Bertz CT molecular complexity index is 659. The van der Waals surface area contributed by atoms with Crippen molar-refractivity contribution in [2.45, 2.75) is 25.8 Å². The van der Waals surface area contributed by atoms with Crippen LogP contribution in [0, 0.1) is 6.92 Å². The van der Waals surface area contributed by atoms with E-state index in [-0.39, 0.29) is 0 Å². The van der Waals surface area contributed by atoms with E-state index in [0.717, 1.165) is 43.2 Å². The first kappa shape index (κ1) is 15.9. The van der Waals surface area contributed by atoms with Crippen molar-refractivity contribution in [2.24, 2.45) is 7.05 Å². The molecule has 23 heavy (non-hydrogen) atoms. The van der Waals surface area contributed by atoms with Crippen LogP contribution in [0.4, 0.5) is 0 Å². The molecule has 2 heterocycles. The second-order valence-electron chi connectivity index (χ2n) is 6.29. The fourth-order valence-electron chi connectivity index (χ4n) is 3.42. The van der Waals surface area contributed by atoms with Crippen LogP contribution < -0.4 is 9.47 Å². The largest absolute Gasteiger partial charge is 0.497 e. The number of hydrogen-bond acceptors (Lipinski definition) is 4. The van der Waals surface area contributed by atoms with E-state index < -0.39 is 0 Å². The van der Waals surface area contributed by atoms with Crippen LogP contribution in [0.15, 0.2) is 24.4 Å². The van der Waals surface area contributed by atoms with E-state index >= 15 is 0 Å². The molecule has 2 aromatic rings. The van der Waals surface area contributed by atoms with Gasteiger partial charge in [-0.05, 0) is 37.6 Å². The third-order valence-electron chi connectivity index (χ3n) is 4.49. The standard InChI is InChI=1S/C18H25N3O2/c1-13-10-20(2)18(19-13)15-5-6-21(12-15)11-14-7-16(22-3)9-17(8-14)23-4/h7-10,15H,5-6,11-12H2,1-4H3/t15-/m0/s1. The maximum absolute atomic E-state index is 5.36. The van der Waals surface area contributed by atoms with Crippen LogP contribution in [0.5, 0.6) is 11.5 Å². The van der Waals surface area contributed by atoms with Crippen LogP contribution in [0.1, 0.15) is 29.4 Å². The first-order valence-electron chi connectivity index (χ1n) is 8.03. The molecule has 0 amide bonds. The predicted molar refractivity (Wildman–Crippen MR) is 90.1 cm³/mol. The second kappa shape index (κ2) is 6.62. The lowest BCUT2D eigenvalue weighted by molar-refractivity contribution is 0.322. The van der Waals surface area contributed by atoms with Gasteiger partial charge in [-0.25, -0.2) is 4.98 Å². The molecule has 1 aliphatic rings. The maximum Gasteiger partial charge on any atom is 0.122 e. The van der Waals surface area contributed by atoms with Crippen molar-refractivity contribution in [1.29, 1.82) is 0 Å². The van der Waals surface area contributed by atoms with Crippen molar-refractivity contribution in [3.63, 3.8) is 0 Å². The molecule has 1 aromatic heterocycles. The normalized spacial score (nSPS) is 18.3. The van der Waals surface area contributed by atoms with E-state index in [0.29, 0.717) is 5.92 Å². The highest BCUT2D eigenvalue weighted by Gasteiger charge is 2.27. The summed E-state index contributed by atoms with van der Waals surface area (Å²) in [4.78, 5) is 7.16. The summed E-state index contributed by atoms with van der Waals surface area (Å²) in [5.41, 5.74) is 2.32. The molecule has 0 bridgehead atoms. The molecule has 0 unspecified atom stereocenters. The number of hydrogen-bond donors (Lipinski definition) is 0. The number of imidazole rings is 1. The summed E-state index contributed by atoms with van der Waals surface area (Å²) in [5.74, 6) is 3.40. The van der Waals surface area contributed by atoms with Gasteiger partial charge in [0.15, 0.2) is 0 Å². The Hall–Kier alpha value is -2.01. The van der Waals surface area contributed by atoms with Crippen LogP contribution >= 0.6 is 0 Å². The maximum atomic E-state index is 5.36. The molecule has 5 heteroatoms. The van der Waals surface area contributed by atoms with E-state index in [4.69, 9.17) is 9.47 Å². The number of rotatable bonds is 5. The smallest absolute Gasteiger partial charge is 0.122 e. The summed E-state index contributed by atoms with van der Waals surface area (Å²) in [6.45, 7) is 5.10. The van der Waals surface area contributed by atoms with Gasteiger partial charge in [-0.3, -0.25) is 4.90 Å². The molecule has 0 spiro atoms. The van der Waals surface area contributed by atoms with Crippen molar-refractivity contribution in [3.8, 4) is 11.5 Å². The van der Waals surface area contributed by atoms with Crippen molar-refractivity contribution in [2.75, 3.05) is 27.3 Å². The Morgan fingerprint density at radius 1 is 1.17 bits per heavy atom. The SMILES string of the molecule is COc1cc(CN2CC[C@H](c3nc(C)cn3C)C2)cc(OC)c1. The zero-order chi connectivity index (χ0) is 16.4. The minimum absolute atomic E-state index is 0.515. The molecule has 1 aromatic carbocycles. The molecule has 0 saturated carbocycles. The van der Waals surface area contributed by atoms with Gasteiger partial charge in [0.05, 0.1) is 19.9 Å². The van der Waals surface area contributed by atoms with Gasteiger partial charge in [-0.2, -0.15) is 0 Å². The van der Waals surface area contributed by atoms with Gasteiger partial charge in [-0.15, -0.1) is 0 Å². The monoisotopic (exact) mass is 315 g/mol. The molecule has 1 fully saturated rings. The van der Waals surface area contributed by atoms with Crippen LogP contribution in [0.25, 0.3) is 0 Å².